The van der Waals surface area contributed by atoms with E-state index in [1.165, 1.54) is 0 Å². The molecule has 1 aromatic heterocycles. The van der Waals surface area contributed by atoms with E-state index in [-0.39, 0.29) is 24.2 Å². The number of amides is 2. The van der Waals surface area contributed by atoms with Crippen LogP contribution >= 0.6 is 0 Å². The van der Waals surface area contributed by atoms with Crippen molar-refractivity contribution < 1.29 is 14.3 Å². The van der Waals surface area contributed by atoms with Gasteiger partial charge >= 0.3 is 0 Å². The van der Waals surface area contributed by atoms with Gasteiger partial charge in [0.25, 0.3) is 0 Å². The van der Waals surface area contributed by atoms with Crippen molar-refractivity contribution in [1.29, 1.82) is 0 Å². The first-order valence-corrected chi connectivity index (χ1v) is 10.00. The Morgan fingerprint density at radius 2 is 1.86 bits per heavy atom. The van der Waals surface area contributed by atoms with Crippen molar-refractivity contribution >= 4 is 17.6 Å². The molecule has 3 heterocycles. The third-order valence-corrected chi connectivity index (χ3v) is 5.68. The maximum absolute atomic E-state index is 13.0. The van der Waals surface area contributed by atoms with Gasteiger partial charge in [-0.15, -0.1) is 0 Å². The second-order valence-corrected chi connectivity index (χ2v) is 7.49. The van der Waals surface area contributed by atoms with Gasteiger partial charge in [0.2, 0.25) is 11.8 Å². The monoisotopic (exact) mass is 394 g/mol. The number of aromatic nitrogens is 1. The lowest BCUT2D eigenvalue weighted by Gasteiger charge is -2.36. The van der Waals surface area contributed by atoms with Crippen molar-refractivity contribution in [1.82, 2.24) is 14.8 Å². The Kier molecular flexibility index (Phi) is 5.64. The van der Waals surface area contributed by atoms with E-state index in [0.29, 0.717) is 26.2 Å². The van der Waals surface area contributed by atoms with Gasteiger partial charge < -0.3 is 19.4 Å². The van der Waals surface area contributed by atoms with Gasteiger partial charge in [-0.25, -0.2) is 4.98 Å². The average Bonchev–Trinajstić information content (AvgIpc) is 3.14. The molecule has 1 atom stereocenters. The Bertz CT molecular complexity index is 865. The fourth-order valence-electron chi connectivity index (χ4n) is 4.08. The third-order valence-electron chi connectivity index (χ3n) is 5.68. The molecule has 1 unspecified atom stereocenters. The summed E-state index contributed by atoms with van der Waals surface area (Å²) in [6.45, 7) is 3.78. The summed E-state index contributed by atoms with van der Waals surface area (Å²) in [6, 6.07) is 13.5. The van der Waals surface area contributed by atoms with Gasteiger partial charge in [-0.3, -0.25) is 9.59 Å². The normalized spacial score (nSPS) is 19.6. The first-order valence-electron chi connectivity index (χ1n) is 10.00. The Morgan fingerprint density at radius 3 is 2.59 bits per heavy atom. The first kappa shape index (κ1) is 19.2. The number of piperazine rings is 1. The summed E-state index contributed by atoms with van der Waals surface area (Å²) >= 11 is 0. The fourth-order valence-corrected chi connectivity index (χ4v) is 4.08. The van der Waals surface area contributed by atoms with E-state index < -0.39 is 0 Å². The number of hydrogen-bond acceptors (Lipinski definition) is 5. The van der Waals surface area contributed by atoms with Crippen molar-refractivity contribution in [2.75, 3.05) is 44.7 Å². The number of anilines is 1. The van der Waals surface area contributed by atoms with Gasteiger partial charge in [-0.2, -0.15) is 0 Å². The van der Waals surface area contributed by atoms with Crippen LogP contribution in [0.5, 0.6) is 5.75 Å². The molecule has 2 aromatic rings. The number of carbonyl (C=O) groups excluding carboxylic acids is 2. The van der Waals surface area contributed by atoms with Crippen molar-refractivity contribution in [3.05, 3.63) is 54.2 Å². The number of pyridine rings is 1. The van der Waals surface area contributed by atoms with E-state index in [9.17, 15) is 9.59 Å². The molecule has 0 spiro atoms. The van der Waals surface area contributed by atoms with Gasteiger partial charge in [0.15, 0.2) is 0 Å². The van der Waals surface area contributed by atoms with Crippen LogP contribution in [0.25, 0.3) is 0 Å². The molecular weight excluding hydrogens is 368 g/mol. The largest absolute Gasteiger partial charge is 0.496 e. The minimum absolute atomic E-state index is 0.0291. The number of rotatable bonds is 5. The van der Waals surface area contributed by atoms with Crippen molar-refractivity contribution in [2.24, 2.45) is 5.92 Å². The molecule has 4 rings (SSSR count). The summed E-state index contributed by atoms with van der Waals surface area (Å²) in [4.78, 5) is 35.7. The predicted octanol–water partition coefficient (Wildman–Crippen LogP) is 1.79. The topological polar surface area (TPSA) is 66.0 Å². The fraction of sp³-hybridized carbons (Fsp3) is 0.409. The van der Waals surface area contributed by atoms with Crippen LogP contribution in [0.15, 0.2) is 48.7 Å². The SMILES string of the molecule is COc1ccccc1CN1CC(C(=O)N2CCN(c3ccccn3)CC2)CC1=O. The number of nitrogens with zero attached hydrogens (tertiary/aromatic N) is 4. The Hall–Kier alpha value is -3.09. The van der Waals surface area contributed by atoms with Gasteiger partial charge in [0.05, 0.1) is 13.0 Å². The number of likely N-dealkylation sites (tertiary alicyclic amines) is 1. The molecule has 2 fully saturated rings. The number of para-hydroxylation sites is 1. The van der Waals surface area contributed by atoms with Gasteiger partial charge in [0.1, 0.15) is 11.6 Å². The smallest absolute Gasteiger partial charge is 0.228 e. The summed E-state index contributed by atoms with van der Waals surface area (Å²) in [7, 11) is 1.63. The van der Waals surface area contributed by atoms with E-state index in [0.717, 1.165) is 30.2 Å². The second kappa shape index (κ2) is 8.51. The van der Waals surface area contributed by atoms with Gasteiger partial charge in [-0.1, -0.05) is 24.3 Å². The molecular formula is C22H26N4O3. The highest BCUT2D eigenvalue weighted by molar-refractivity contribution is 5.89. The van der Waals surface area contributed by atoms with E-state index in [4.69, 9.17) is 4.74 Å². The minimum atomic E-state index is -0.265. The standard InChI is InChI=1S/C22H26N4O3/c1-29-19-7-3-2-6-17(19)15-26-16-18(14-21(26)27)22(28)25-12-10-24(11-13-25)20-8-4-5-9-23-20/h2-9,18H,10-16H2,1H3. The van der Waals surface area contributed by atoms with Crippen LogP contribution in [-0.4, -0.2) is 66.4 Å². The van der Waals surface area contributed by atoms with Crippen LogP contribution in [0.3, 0.4) is 0 Å². The summed E-state index contributed by atoms with van der Waals surface area (Å²) in [5.74, 6) is 1.56. The molecule has 29 heavy (non-hydrogen) atoms. The number of ether oxygens (including phenoxy) is 1. The molecule has 2 aliphatic heterocycles. The van der Waals surface area contributed by atoms with E-state index in [2.05, 4.69) is 9.88 Å². The molecule has 2 aliphatic rings. The molecule has 0 bridgehead atoms. The Balaban J connectivity index is 1.34. The van der Waals surface area contributed by atoms with Crippen LogP contribution in [0, 0.1) is 5.92 Å². The van der Waals surface area contributed by atoms with E-state index in [1.54, 1.807) is 18.2 Å². The highest BCUT2D eigenvalue weighted by Gasteiger charge is 2.37. The van der Waals surface area contributed by atoms with Crippen LogP contribution in [0.4, 0.5) is 5.82 Å². The third kappa shape index (κ3) is 4.18. The second-order valence-electron chi connectivity index (χ2n) is 7.49. The summed E-state index contributed by atoms with van der Waals surface area (Å²) in [5, 5.41) is 0. The lowest BCUT2D eigenvalue weighted by Crippen LogP contribution is -2.50. The zero-order chi connectivity index (χ0) is 20.2. The molecule has 0 aliphatic carbocycles. The van der Waals surface area contributed by atoms with Crippen molar-refractivity contribution in [3.8, 4) is 5.75 Å². The zero-order valence-corrected chi connectivity index (χ0v) is 16.7. The maximum atomic E-state index is 13.0. The van der Waals surface area contributed by atoms with Crippen molar-refractivity contribution in [3.63, 3.8) is 0 Å². The van der Waals surface area contributed by atoms with Crippen LogP contribution in [0.1, 0.15) is 12.0 Å². The lowest BCUT2D eigenvalue weighted by molar-refractivity contribution is -0.136. The van der Waals surface area contributed by atoms with Crippen LogP contribution in [0.2, 0.25) is 0 Å². The number of hydrogen-bond donors (Lipinski definition) is 0. The Morgan fingerprint density at radius 1 is 1.10 bits per heavy atom. The molecule has 2 amide bonds. The molecule has 7 heteroatoms. The molecule has 0 N–H and O–H groups in total. The quantitative estimate of drug-likeness (QED) is 0.774. The molecule has 0 radical (unpaired) electrons. The number of carbonyl (C=O) groups is 2. The molecule has 0 saturated carbocycles. The number of benzene rings is 1. The predicted molar refractivity (Wildman–Crippen MR) is 110 cm³/mol. The van der Waals surface area contributed by atoms with Crippen molar-refractivity contribution in [2.45, 2.75) is 13.0 Å². The summed E-state index contributed by atoms with van der Waals surface area (Å²) < 4.78 is 5.38. The van der Waals surface area contributed by atoms with Gasteiger partial charge in [0, 0.05) is 57.4 Å². The molecule has 2 saturated heterocycles. The van der Waals surface area contributed by atoms with Crippen LogP contribution in [-0.2, 0) is 16.1 Å². The Labute approximate surface area is 170 Å². The van der Waals surface area contributed by atoms with Crippen LogP contribution < -0.4 is 9.64 Å². The van der Waals surface area contributed by atoms with Gasteiger partial charge in [-0.05, 0) is 18.2 Å². The van der Waals surface area contributed by atoms with E-state index >= 15 is 0 Å². The summed E-state index contributed by atoms with van der Waals surface area (Å²) in [6.07, 6.45) is 2.07. The lowest BCUT2D eigenvalue weighted by atomic mass is 10.1. The molecule has 152 valence electrons. The average molecular weight is 394 g/mol. The zero-order valence-electron chi connectivity index (χ0n) is 16.7. The highest BCUT2D eigenvalue weighted by atomic mass is 16.5. The minimum Gasteiger partial charge on any atom is -0.496 e. The molecule has 1 aromatic carbocycles. The summed E-state index contributed by atoms with van der Waals surface area (Å²) in [5.41, 5.74) is 0.959. The van der Waals surface area contributed by atoms with E-state index in [1.807, 2.05) is 47.4 Å². The highest BCUT2D eigenvalue weighted by Crippen LogP contribution is 2.26. The maximum Gasteiger partial charge on any atom is 0.228 e. The molecule has 7 nitrogen and oxygen atoms in total. The first-order chi connectivity index (χ1) is 14.2. The number of methoxy groups -OCH3 is 1.